The van der Waals surface area contributed by atoms with Gasteiger partial charge in [0.2, 0.25) is 0 Å². The summed E-state index contributed by atoms with van der Waals surface area (Å²) in [7, 11) is 4.94. The van der Waals surface area contributed by atoms with Crippen molar-refractivity contribution in [2.75, 3.05) is 34.4 Å². The largest absolute Gasteiger partial charge is 0.493 e. The number of likely N-dealkylation sites (N-methyl/N-ethyl adjacent to an activating group) is 1. The zero-order valence-electron chi connectivity index (χ0n) is 13.5. The van der Waals surface area contributed by atoms with Crippen LogP contribution in [0.25, 0.3) is 0 Å². The molecule has 0 aliphatic rings. The van der Waals surface area contributed by atoms with E-state index in [1.54, 1.807) is 7.11 Å². The van der Waals surface area contributed by atoms with Crippen LogP contribution in [-0.4, -0.2) is 46.3 Å². The van der Waals surface area contributed by atoms with Crippen molar-refractivity contribution in [1.29, 1.82) is 0 Å². The van der Waals surface area contributed by atoms with Crippen molar-refractivity contribution in [2.45, 2.75) is 13.5 Å². The molecule has 0 radical (unpaired) electrons. The number of imide groups is 1. The van der Waals surface area contributed by atoms with Gasteiger partial charge in [-0.2, -0.15) is 0 Å². The maximum Gasteiger partial charge on any atom is 0.321 e. The van der Waals surface area contributed by atoms with E-state index in [1.807, 2.05) is 32.2 Å². The van der Waals surface area contributed by atoms with Crippen LogP contribution in [0.2, 0.25) is 0 Å². The SMILES string of the molecule is CCOc1ccc(C[NH+](C)CC(=O)NC(=O)NC)cc1OC. The van der Waals surface area contributed by atoms with Gasteiger partial charge in [0.25, 0.3) is 5.91 Å². The molecular formula is C15H24N3O4+. The number of amides is 3. The normalized spacial score (nSPS) is 11.5. The third kappa shape index (κ3) is 5.61. The van der Waals surface area contributed by atoms with Crippen LogP contribution in [0.3, 0.4) is 0 Å². The molecule has 7 heteroatoms. The third-order valence-corrected chi connectivity index (χ3v) is 2.98. The van der Waals surface area contributed by atoms with Crippen molar-refractivity contribution in [2.24, 2.45) is 0 Å². The van der Waals surface area contributed by atoms with E-state index in [2.05, 4.69) is 10.6 Å². The highest BCUT2D eigenvalue weighted by atomic mass is 16.5. The maximum absolute atomic E-state index is 11.6. The van der Waals surface area contributed by atoms with E-state index in [4.69, 9.17) is 9.47 Å². The Kier molecular flexibility index (Phi) is 7.18. The standard InChI is InChI=1S/C15H23N3O4/c1-5-22-12-7-6-11(8-13(12)21-4)9-18(3)10-14(19)17-15(20)16-2/h6-8H,5,9-10H2,1-4H3,(H2,16,17,19,20)/p+1. The molecule has 0 bridgehead atoms. The summed E-state index contributed by atoms with van der Waals surface area (Å²) in [4.78, 5) is 23.7. The first-order chi connectivity index (χ1) is 10.5. The Bertz CT molecular complexity index is 520. The third-order valence-electron chi connectivity index (χ3n) is 2.98. The van der Waals surface area contributed by atoms with E-state index >= 15 is 0 Å². The summed E-state index contributed by atoms with van der Waals surface area (Å²) in [5.41, 5.74) is 1.02. The summed E-state index contributed by atoms with van der Waals surface area (Å²) in [6.07, 6.45) is 0. The summed E-state index contributed by atoms with van der Waals surface area (Å²) in [6.45, 7) is 3.31. The summed E-state index contributed by atoms with van der Waals surface area (Å²) in [5.74, 6) is 1.04. The second-order valence-corrected chi connectivity index (χ2v) is 4.86. The average Bonchev–Trinajstić information content (AvgIpc) is 2.48. The summed E-state index contributed by atoms with van der Waals surface area (Å²) in [6, 6.07) is 5.19. The van der Waals surface area contributed by atoms with E-state index in [0.717, 1.165) is 10.5 Å². The lowest BCUT2D eigenvalue weighted by Gasteiger charge is -2.15. The van der Waals surface area contributed by atoms with Gasteiger partial charge in [0, 0.05) is 12.6 Å². The molecule has 1 aromatic carbocycles. The zero-order valence-corrected chi connectivity index (χ0v) is 13.5. The number of carbonyl (C=O) groups excluding carboxylic acids is 2. The van der Waals surface area contributed by atoms with E-state index in [1.165, 1.54) is 7.05 Å². The molecule has 0 aliphatic carbocycles. The van der Waals surface area contributed by atoms with Gasteiger partial charge < -0.3 is 19.7 Å². The predicted octanol–water partition coefficient (Wildman–Crippen LogP) is -0.436. The lowest BCUT2D eigenvalue weighted by molar-refractivity contribution is -0.885. The van der Waals surface area contributed by atoms with Gasteiger partial charge in [0.05, 0.1) is 20.8 Å². The molecular weight excluding hydrogens is 286 g/mol. The van der Waals surface area contributed by atoms with E-state index in [9.17, 15) is 9.59 Å². The van der Waals surface area contributed by atoms with Gasteiger partial charge in [-0.1, -0.05) is 0 Å². The minimum atomic E-state index is -0.500. The molecule has 0 fully saturated rings. The molecule has 1 rings (SSSR count). The fraction of sp³-hybridized carbons (Fsp3) is 0.467. The topological polar surface area (TPSA) is 81.1 Å². The molecule has 0 aromatic heterocycles. The fourth-order valence-electron chi connectivity index (χ4n) is 2.02. The first-order valence-electron chi connectivity index (χ1n) is 7.12. The summed E-state index contributed by atoms with van der Waals surface area (Å²) < 4.78 is 10.8. The van der Waals surface area contributed by atoms with E-state index < -0.39 is 6.03 Å². The number of nitrogens with one attached hydrogen (secondary N) is 3. The van der Waals surface area contributed by atoms with Gasteiger partial charge in [-0.15, -0.1) is 0 Å². The van der Waals surface area contributed by atoms with Crippen molar-refractivity contribution in [1.82, 2.24) is 10.6 Å². The number of hydrogen-bond donors (Lipinski definition) is 3. The van der Waals surface area contributed by atoms with Crippen LogP contribution in [0.1, 0.15) is 12.5 Å². The first-order valence-corrected chi connectivity index (χ1v) is 7.12. The number of quaternary nitrogens is 1. The van der Waals surface area contributed by atoms with Crippen LogP contribution in [0.4, 0.5) is 4.79 Å². The minimum absolute atomic E-state index is 0.197. The molecule has 22 heavy (non-hydrogen) atoms. The first kappa shape index (κ1) is 17.8. The Morgan fingerprint density at radius 3 is 2.59 bits per heavy atom. The Balaban J connectivity index is 2.62. The van der Waals surface area contributed by atoms with Crippen molar-refractivity contribution in [3.63, 3.8) is 0 Å². The maximum atomic E-state index is 11.6. The molecule has 0 spiro atoms. The van der Waals surface area contributed by atoms with Crippen molar-refractivity contribution in [3.05, 3.63) is 23.8 Å². The summed E-state index contributed by atoms with van der Waals surface area (Å²) in [5, 5.41) is 4.58. The second kappa shape index (κ2) is 8.89. The molecule has 0 heterocycles. The molecule has 0 saturated heterocycles. The number of ether oxygens (including phenoxy) is 2. The average molecular weight is 310 g/mol. The zero-order chi connectivity index (χ0) is 16.5. The smallest absolute Gasteiger partial charge is 0.321 e. The van der Waals surface area contributed by atoms with Crippen molar-refractivity contribution in [3.8, 4) is 11.5 Å². The number of carbonyl (C=O) groups is 2. The Hall–Kier alpha value is -2.28. The number of rotatable bonds is 7. The van der Waals surface area contributed by atoms with Crippen molar-refractivity contribution < 1.29 is 24.0 Å². The Labute approximate surface area is 130 Å². The van der Waals surface area contributed by atoms with Crippen LogP contribution >= 0.6 is 0 Å². The lowest BCUT2D eigenvalue weighted by Crippen LogP contribution is -3.09. The highest BCUT2D eigenvalue weighted by molar-refractivity contribution is 5.94. The molecule has 0 aliphatic heterocycles. The van der Waals surface area contributed by atoms with Crippen LogP contribution in [0.5, 0.6) is 11.5 Å². The highest BCUT2D eigenvalue weighted by Crippen LogP contribution is 2.27. The van der Waals surface area contributed by atoms with E-state index in [0.29, 0.717) is 24.7 Å². The molecule has 1 atom stereocenters. The van der Waals surface area contributed by atoms with Crippen LogP contribution in [-0.2, 0) is 11.3 Å². The predicted molar refractivity (Wildman–Crippen MR) is 82.2 cm³/mol. The Morgan fingerprint density at radius 1 is 1.27 bits per heavy atom. The molecule has 0 saturated carbocycles. The van der Waals surface area contributed by atoms with Gasteiger partial charge in [0.1, 0.15) is 6.54 Å². The van der Waals surface area contributed by atoms with Gasteiger partial charge >= 0.3 is 6.03 Å². The number of methoxy groups -OCH3 is 1. The minimum Gasteiger partial charge on any atom is -0.493 e. The molecule has 3 N–H and O–H groups in total. The monoisotopic (exact) mass is 310 g/mol. The molecule has 3 amide bonds. The number of hydrogen-bond acceptors (Lipinski definition) is 4. The fourth-order valence-corrected chi connectivity index (χ4v) is 2.02. The van der Waals surface area contributed by atoms with Gasteiger partial charge in [0.15, 0.2) is 18.0 Å². The quantitative estimate of drug-likeness (QED) is 0.638. The van der Waals surface area contributed by atoms with Gasteiger partial charge in [-0.25, -0.2) is 4.79 Å². The van der Waals surface area contributed by atoms with Gasteiger partial charge in [-0.3, -0.25) is 10.1 Å². The molecule has 122 valence electrons. The lowest BCUT2D eigenvalue weighted by atomic mass is 10.2. The molecule has 1 unspecified atom stereocenters. The number of urea groups is 1. The number of benzene rings is 1. The van der Waals surface area contributed by atoms with Crippen LogP contribution in [0, 0.1) is 0 Å². The molecule has 7 nitrogen and oxygen atoms in total. The van der Waals surface area contributed by atoms with Crippen LogP contribution in [0.15, 0.2) is 18.2 Å². The van der Waals surface area contributed by atoms with Crippen molar-refractivity contribution >= 4 is 11.9 Å². The second-order valence-electron chi connectivity index (χ2n) is 4.86. The highest BCUT2D eigenvalue weighted by Gasteiger charge is 2.14. The van der Waals surface area contributed by atoms with E-state index in [-0.39, 0.29) is 12.5 Å². The van der Waals surface area contributed by atoms with Gasteiger partial charge in [-0.05, 0) is 25.1 Å². The summed E-state index contributed by atoms with van der Waals surface area (Å²) >= 11 is 0. The Morgan fingerprint density at radius 2 is 2.00 bits per heavy atom. The molecule has 1 aromatic rings. The van der Waals surface area contributed by atoms with Crippen LogP contribution < -0.4 is 25.0 Å².